The van der Waals surface area contributed by atoms with Crippen molar-refractivity contribution in [3.05, 3.63) is 29.9 Å². The van der Waals surface area contributed by atoms with Crippen LogP contribution in [0.2, 0.25) is 0 Å². The molecule has 1 saturated heterocycles. The largest absolute Gasteiger partial charge is 0.377 e. The molecule has 1 atom stereocenters. The number of ether oxygens (including phenoxy) is 1. The summed E-state index contributed by atoms with van der Waals surface area (Å²) in [5.74, 6) is 1.67. The maximum absolute atomic E-state index is 5.10. The SMILES string of the molecule is COCc1nc([C@@H]2CCCCN2Cc2cncn2C)n[nH]1. The molecule has 2 aromatic heterocycles. The van der Waals surface area contributed by atoms with Crippen LogP contribution in [0.25, 0.3) is 0 Å². The van der Waals surface area contributed by atoms with Crippen molar-refractivity contribution in [1.29, 1.82) is 0 Å². The van der Waals surface area contributed by atoms with Gasteiger partial charge in [-0.2, -0.15) is 5.10 Å². The fourth-order valence-electron chi connectivity index (χ4n) is 2.88. The second-order valence-corrected chi connectivity index (χ2v) is 5.55. The molecule has 0 aromatic carbocycles. The number of aromatic nitrogens is 5. The zero-order chi connectivity index (χ0) is 14.7. The number of likely N-dealkylation sites (tertiary alicyclic amines) is 1. The predicted octanol–water partition coefficient (Wildman–Crippen LogP) is 1.41. The van der Waals surface area contributed by atoms with E-state index in [1.165, 1.54) is 18.5 Å². The lowest BCUT2D eigenvalue weighted by atomic mass is 10.0. The third-order valence-corrected chi connectivity index (χ3v) is 4.02. The molecule has 114 valence electrons. The zero-order valence-corrected chi connectivity index (χ0v) is 12.6. The number of nitrogens with zero attached hydrogens (tertiary/aromatic N) is 5. The minimum atomic E-state index is 0.274. The van der Waals surface area contributed by atoms with Crippen molar-refractivity contribution >= 4 is 0 Å². The fraction of sp³-hybridized carbons (Fsp3) is 0.643. The smallest absolute Gasteiger partial charge is 0.167 e. The van der Waals surface area contributed by atoms with Gasteiger partial charge in [-0.15, -0.1) is 0 Å². The second kappa shape index (κ2) is 6.36. The van der Waals surface area contributed by atoms with Gasteiger partial charge in [-0.3, -0.25) is 10.00 Å². The van der Waals surface area contributed by atoms with Gasteiger partial charge in [-0.25, -0.2) is 9.97 Å². The molecule has 7 heteroatoms. The zero-order valence-electron chi connectivity index (χ0n) is 12.6. The van der Waals surface area contributed by atoms with E-state index in [2.05, 4.69) is 29.6 Å². The van der Waals surface area contributed by atoms with Crippen LogP contribution in [0.1, 0.15) is 42.6 Å². The molecule has 0 amide bonds. The lowest BCUT2D eigenvalue weighted by Crippen LogP contribution is -2.34. The minimum Gasteiger partial charge on any atom is -0.377 e. The Bertz CT molecular complexity index is 578. The third-order valence-electron chi connectivity index (χ3n) is 4.02. The van der Waals surface area contributed by atoms with Gasteiger partial charge in [0.1, 0.15) is 6.61 Å². The van der Waals surface area contributed by atoms with Crippen LogP contribution in [0.4, 0.5) is 0 Å². The molecule has 0 radical (unpaired) electrons. The summed E-state index contributed by atoms with van der Waals surface area (Å²) < 4.78 is 7.17. The van der Waals surface area contributed by atoms with E-state index in [0.717, 1.165) is 31.2 Å². The summed E-state index contributed by atoms with van der Waals surface area (Å²) >= 11 is 0. The topological polar surface area (TPSA) is 71.9 Å². The summed E-state index contributed by atoms with van der Waals surface area (Å²) in [6, 6.07) is 0.274. The Morgan fingerprint density at radius 1 is 1.43 bits per heavy atom. The van der Waals surface area contributed by atoms with Gasteiger partial charge in [0, 0.05) is 26.9 Å². The highest BCUT2D eigenvalue weighted by Crippen LogP contribution is 2.30. The molecule has 0 saturated carbocycles. The number of imidazole rings is 1. The number of aryl methyl sites for hydroxylation is 1. The van der Waals surface area contributed by atoms with E-state index in [1.807, 2.05) is 19.6 Å². The highest BCUT2D eigenvalue weighted by Gasteiger charge is 2.27. The molecule has 7 nitrogen and oxygen atoms in total. The summed E-state index contributed by atoms with van der Waals surface area (Å²) in [6.07, 6.45) is 7.32. The summed E-state index contributed by atoms with van der Waals surface area (Å²) in [6.45, 7) is 2.43. The molecule has 3 heterocycles. The molecule has 1 fully saturated rings. The van der Waals surface area contributed by atoms with Crippen LogP contribution >= 0.6 is 0 Å². The fourth-order valence-corrected chi connectivity index (χ4v) is 2.88. The summed E-state index contributed by atoms with van der Waals surface area (Å²) in [4.78, 5) is 11.2. The molecular formula is C14H22N6O. The normalized spacial score (nSPS) is 20.0. The minimum absolute atomic E-state index is 0.274. The van der Waals surface area contributed by atoms with Crippen LogP contribution in [0, 0.1) is 0 Å². The quantitative estimate of drug-likeness (QED) is 0.901. The number of aromatic amines is 1. The Hall–Kier alpha value is -1.73. The van der Waals surface area contributed by atoms with E-state index >= 15 is 0 Å². The first kappa shape index (κ1) is 14.2. The van der Waals surface area contributed by atoms with Gasteiger partial charge in [0.25, 0.3) is 0 Å². The Balaban J connectivity index is 1.75. The van der Waals surface area contributed by atoms with Gasteiger partial charge in [-0.05, 0) is 19.4 Å². The summed E-state index contributed by atoms with van der Waals surface area (Å²) in [5.41, 5.74) is 1.22. The standard InChI is InChI=1S/C14H22N6O/c1-19-10-15-7-11(19)8-20-6-4-3-5-12(20)14-16-13(9-21-2)17-18-14/h7,10,12H,3-6,8-9H2,1-2H3,(H,16,17,18)/t12-/m0/s1. The number of piperidine rings is 1. The van der Waals surface area contributed by atoms with E-state index in [1.54, 1.807) is 7.11 Å². The first-order valence-electron chi connectivity index (χ1n) is 7.37. The maximum Gasteiger partial charge on any atom is 0.167 e. The van der Waals surface area contributed by atoms with Crippen molar-refractivity contribution in [2.24, 2.45) is 7.05 Å². The number of H-pyrrole nitrogens is 1. The van der Waals surface area contributed by atoms with Crippen LogP contribution in [0.3, 0.4) is 0 Å². The molecule has 0 spiro atoms. The van der Waals surface area contributed by atoms with Crippen molar-refractivity contribution < 1.29 is 4.74 Å². The molecular weight excluding hydrogens is 268 g/mol. The van der Waals surface area contributed by atoms with Crippen molar-refractivity contribution in [2.45, 2.75) is 38.5 Å². The lowest BCUT2D eigenvalue weighted by molar-refractivity contribution is 0.131. The number of hydrogen-bond acceptors (Lipinski definition) is 5. The number of rotatable bonds is 5. The van der Waals surface area contributed by atoms with Crippen LogP contribution in [-0.4, -0.2) is 43.3 Å². The molecule has 3 rings (SSSR count). The molecule has 1 aliphatic heterocycles. The lowest BCUT2D eigenvalue weighted by Gasteiger charge is -2.33. The molecule has 1 N–H and O–H groups in total. The molecule has 0 unspecified atom stereocenters. The van der Waals surface area contributed by atoms with E-state index < -0.39 is 0 Å². The molecule has 21 heavy (non-hydrogen) atoms. The second-order valence-electron chi connectivity index (χ2n) is 5.55. The highest BCUT2D eigenvalue weighted by atomic mass is 16.5. The Morgan fingerprint density at radius 3 is 3.10 bits per heavy atom. The van der Waals surface area contributed by atoms with E-state index in [0.29, 0.717) is 6.61 Å². The molecule has 2 aromatic rings. The first-order chi connectivity index (χ1) is 10.3. The molecule has 1 aliphatic rings. The van der Waals surface area contributed by atoms with Gasteiger partial charge in [-0.1, -0.05) is 6.42 Å². The summed E-state index contributed by atoms with van der Waals surface area (Å²) in [7, 11) is 3.70. The van der Waals surface area contributed by atoms with Crippen molar-refractivity contribution in [3.8, 4) is 0 Å². The van der Waals surface area contributed by atoms with Gasteiger partial charge in [0.15, 0.2) is 11.6 Å². The van der Waals surface area contributed by atoms with E-state index in [9.17, 15) is 0 Å². The number of nitrogens with one attached hydrogen (secondary N) is 1. The Morgan fingerprint density at radius 2 is 2.33 bits per heavy atom. The maximum atomic E-state index is 5.10. The van der Waals surface area contributed by atoms with Crippen LogP contribution < -0.4 is 0 Å². The molecule has 0 bridgehead atoms. The van der Waals surface area contributed by atoms with Crippen LogP contribution in [0.15, 0.2) is 12.5 Å². The monoisotopic (exact) mass is 290 g/mol. The van der Waals surface area contributed by atoms with Crippen molar-refractivity contribution in [1.82, 2.24) is 29.6 Å². The molecule has 0 aliphatic carbocycles. The summed E-state index contributed by atoms with van der Waals surface area (Å²) in [5, 5.41) is 7.34. The van der Waals surface area contributed by atoms with Crippen LogP contribution in [0.5, 0.6) is 0 Å². The van der Waals surface area contributed by atoms with Crippen molar-refractivity contribution in [2.75, 3.05) is 13.7 Å². The van der Waals surface area contributed by atoms with Crippen molar-refractivity contribution in [3.63, 3.8) is 0 Å². The average molecular weight is 290 g/mol. The van der Waals surface area contributed by atoms with Gasteiger partial charge in [0.05, 0.1) is 18.1 Å². The Labute approximate surface area is 124 Å². The van der Waals surface area contributed by atoms with Gasteiger partial charge in [0.2, 0.25) is 0 Å². The van der Waals surface area contributed by atoms with E-state index in [-0.39, 0.29) is 6.04 Å². The predicted molar refractivity (Wildman–Crippen MR) is 77.3 cm³/mol. The Kier molecular flexibility index (Phi) is 4.31. The van der Waals surface area contributed by atoms with Gasteiger partial charge < -0.3 is 9.30 Å². The van der Waals surface area contributed by atoms with Crippen LogP contribution in [-0.2, 0) is 24.9 Å². The van der Waals surface area contributed by atoms with Gasteiger partial charge >= 0.3 is 0 Å². The third kappa shape index (κ3) is 3.14. The highest BCUT2D eigenvalue weighted by molar-refractivity contribution is 5.03. The number of methoxy groups -OCH3 is 1. The average Bonchev–Trinajstić information content (AvgIpc) is 3.10. The first-order valence-corrected chi connectivity index (χ1v) is 7.37. The van der Waals surface area contributed by atoms with E-state index in [4.69, 9.17) is 4.74 Å². The number of hydrogen-bond donors (Lipinski definition) is 1.